The molecule has 3 aromatic rings. The molecule has 1 amide bonds. The zero-order valence-electron chi connectivity index (χ0n) is 18.3. The van der Waals surface area contributed by atoms with Gasteiger partial charge in [0.2, 0.25) is 0 Å². The molecule has 32 heavy (non-hydrogen) atoms. The monoisotopic (exact) mass is 426 g/mol. The molecule has 2 heterocycles. The molecule has 0 radical (unpaired) electrons. The van der Waals surface area contributed by atoms with E-state index in [9.17, 15) is 9.59 Å². The van der Waals surface area contributed by atoms with Gasteiger partial charge in [0, 0.05) is 18.5 Å². The van der Waals surface area contributed by atoms with Crippen LogP contribution in [0.1, 0.15) is 52.0 Å². The van der Waals surface area contributed by atoms with Crippen molar-refractivity contribution in [3.63, 3.8) is 0 Å². The van der Waals surface area contributed by atoms with Crippen LogP contribution >= 0.6 is 0 Å². The van der Waals surface area contributed by atoms with E-state index in [0.29, 0.717) is 5.56 Å². The summed E-state index contributed by atoms with van der Waals surface area (Å²) in [6, 6.07) is 16.0. The van der Waals surface area contributed by atoms with E-state index in [2.05, 4.69) is 37.3 Å². The Balaban J connectivity index is 1.49. The quantitative estimate of drug-likeness (QED) is 0.562. The Morgan fingerprint density at radius 1 is 1.03 bits per heavy atom. The molecule has 0 atom stereocenters. The standard InChI is InChI=1S/C27H26N2O3/c1-18-8-10-19(11-9-18)16-20-12-13-22-25(21-6-2-3-7-23(21)28-26(20)22)27(31)32-17-24(30)29-14-4-5-15-29/h2-3,6-11,16H,4-5,12-15,17H2,1H3. The van der Waals surface area contributed by atoms with Crippen molar-refractivity contribution in [1.29, 1.82) is 0 Å². The third-order valence-electron chi connectivity index (χ3n) is 6.35. The maximum Gasteiger partial charge on any atom is 0.339 e. The molecule has 162 valence electrons. The van der Waals surface area contributed by atoms with Crippen LogP contribution in [-0.4, -0.2) is 41.5 Å². The summed E-state index contributed by atoms with van der Waals surface area (Å²) >= 11 is 0. The van der Waals surface area contributed by atoms with Gasteiger partial charge in [0.05, 0.1) is 16.8 Å². The summed E-state index contributed by atoms with van der Waals surface area (Å²) in [5.74, 6) is -0.560. The van der Waals surface area contributed by atoms with Gasteiger partial charge in [0.1, 0.15) is 0 Å². The highest BCUT2D eigenvalue weighted by Crippen LogP contribution is 2.37. The highest BCUT2D eigenvalue weighted by atomic mass is 16.5. The number of aryl methyl sites for hydroxylation is 1. The molecule has 1 aliphatic carbocycles. The molecule has 2 aromatic carbocycles. The van der Waals surface area contributed by atoms with E-state index < -0.39 is 5.97 Å². The van der Waals surface area contributed by atoms with Crippen molar-refractivity contribution in [2.24, 2.45) is 0 Å². The number of carbonyl (C=O) groups is 2. The average molecular weight is 427 g/mol. The molecule has 0 N–H and O–H groups in total. The number of amides is 1. The van der Waals surface area contributed by atoms with Crippen molar-refractivity contribution >= 4 is 34.4 Å². The number of hydrogen-bond acceptors (Lipinski definition) is 4. The first-order chi connectivity index (χ1) is 15.6. The van der Waals surface area contributed by atoms with Crippen LogP contribution in [0.15, 0.2) is 48.5 Å². The van der Waals surface area contributed by atoms with Crippen LogP contribution in [0.3, 0.4) is 0 Å². The van der Waals surface area contributed by atoms with E-state index in [1.54, 1.807) is 4.90 Å². The first kappa shape index (κ1) is 20.4. The van der Waals surface area contributed by atoms with Gasteiger partial charge in [-0.1, -0.05) is 48.0 Å². The number of hydrogen-bond donors (Lipinski definition) is 0. The molecule has 1 aliphatic heterocycles. The lowest BCUT2D eigenvalue weighted by Gasteiger charge is -2.16. The van der Waals surface area contributed by atoms with Crippen molar-refractivity contribution in [3.8, 4) is 0 Å². The number of nitrogens with zero attached hydrogens (tertiary/aromatic N) is 2. The molecule has 2 aliphatic rings. The normalized spacial score (nSPS) is 16.5. The van der Waals surface area contributed by atoms with Crippen molar-refractivity contribution in [3.05, 3.63) is 76.5 Å². The summed E-state index contributed by atoms with van der Waals surface area (Å²) in [6.45, 7) is 3.35. The molecule has 5 nitrogen and oxygen atoms in total. The summed E-state index contributed by atoms with van der Waals surface area (Å²) < 4.78 is 5.52. The number of ether oxygens (including phenoxy) is 1. The van der Waals surface area contributed by atoms with Crippen LogP contribution in [0, 0.1) is 6.92 Å². The fourth-order valence-electron chi connectivity index (χ4n) is 4.63. The van der Waals surface area contributed by atoms with Crippen molar-refractivity contribution in [2.45, 2.75) is 32.6 Å². The second kappa shape index (κ2) is 8.58. The third-order valence-corrected chi connectivity index (χ3v) is 6.35. The Bertz CT molecular complexity index is 1220. The van der Waals surface area contributed by atoms with Gasteiger partial charge in [-0.05, 0) is 61.4 Å². The largest absolute Gasteiger partial charge is 0.452 e. The lowest BCUT2D eigenvalue weighted by atomic mass is 10.0. The van der Waals surface area contributed by atoms with Crippen LogP contribution < -0.4 is 0 Å². The van der Waals surface area contributed by atoms with E-state index in [-0.39, 0.29) is 12.5 Å². The smallest absolute Gasteiger partial charge is 0.339 e. The van der Waals surface area contributed by atoms with E-state index in [1.807, 2.05) is 24.3 Å². The van der Waals surface area contributed by atoms with Gasteiger partial charge >= 0.3 is 5.97 Å². The number of rotatable bonds is 4. The Hall–Kier alpha value is -3.47. The number of aromatic nitrogens is 1. The number of pyridine rings is 1. The van der Waals surface area contributed by atoms with E-state index in [0.717, 1.165) is 72.1 Å². The van der Waals surface area contributed by atoms with E-state index in [4.69, 9.17) is 9.72 Å². The van der Waals surface area contributed by atoms with Gasteiger partial charge < -0.3 is 9.64 Å². The van der Waals surface area contributed by atoms with Gasteiger partial charge in [-0.2, -0.15) is 0 Å². The minimum absolute atomic E-state index is 0.120. The number of carbonyl (C=O) groups excluding carboxylic acids is 2. The highest BCUT2D eigenvalue weighted by Gasteiger charge is 2.28. The molecule has 0 bridgehead atoms. The third kappa shape index (κ3) is 3.91. The van der Waals surface area contributed by atoms with E-state index >= 15 is 0 Å². The summed E-state index contributed by atoms with van der Waals surface area (Å²) in [5.41, 5.74) is 6.55. The first-order valence-corrected chi connectivity index (χ1v) is 11.2. The maximum atomic E-state index is 13.2. The highest BCUT2D eigenvalue weighted by molar-refractivity contribution is 6.07. The summed E-state index contributed by atoms with van der Waals surface area (Å²) in [4.78, 5) is 32.3. The fraction of sp³-hybridized carbons (Fsp3) is 0.296. The van der Waals surface area contributed by atoms with Crippen molar-refractivity contribution in [2.75, 3.05) is 19.7 Å². The van der Waals surface area contributed by atoms with Crippen LogP contribution in [0.25, 0.3) is 22.6 Å². The SMILES string of the molecule is Cc1ccc(C=C2CCc3c2nc2ccccc2c3C(=O)OCC(=O)N2CCCC2)cc1. The molecule has 0 unspecified atom stereocenters. The average Bonchev–Trinajstić information content (AvgIpc) is 3.48. The lowest BCUT2D eigenvalue weighted by molar-refractivity contribution is -0.133. The predicted molar refractivity (Wildman–Crippen MR) is 125 cm³/mol. The Labute approximate surface area is 187 Å². The van der Waals surface area contributed by atoms with Crippen molar-refractivity contribution in [1.82, 2.24) is 9.88 Å². The van der Waals surface area contributed by atoms with Crippen LogP contribution in [0.5, 0.6) is 0 Å². The van der Waals surface area contributed by atoms with Gasteiger partial charge in [-0.3, -0.25) is 4.79 Å². The van der Waals surface area contributed by atoms with Crippen LogP contribution in [0.2, 0.25) is 0 Å². The van der Waals surface area contributed by atoms with Crippen molar-refractivity contribution < 1.29 is 14.3 Å². The molecular weight excluding hydrogens is 400 g/mol. The van der Waals surface area contributed by atoms with Gasteiger partial charge in [0.25, 0.3) is 5.91 Å². The lowest BCUT2D eigenvalue weighted by Crippen LogP contribution is -2.32. The molecule has 5 rings (SSSR count). The minimum atomic E-state index is -0.441. The Morgan fingerprint density at radius 2 is 1.78 bits per heavy atom. The number of para-hydroxylation sites is 1. The van der Waals surface area contributed by atoms with Gasteiger partial charge in [-0.25, -0.2) is 9.78 Å². The topological polar surface area (TPSA) is 59.5 Å². The number of esters is 1. The molecular formula is C27H26N2O3. The van der Waals surface area contributed by atoms with Gasteiger partial charge in [0.15, 0.2) is 6.61 Å². The molecule has 5 heteroatoms. The number of fused-ring (bicyclic) bond motifs is 2. The Morgan fingerprint density at radius 3 is 2.56 bits per heavy atom. The number of likely N-dealkylation sites (tertiary alicyclic amines) is 1. The zero-order chi connectivity index (χ0) is 22.1. The molecule has 1 aromatic heterocycles. The Kier molecular flexibility index (Phi) is 5.48. The summed E-state index contributed by atoms with van der Waals surface area (Å²) in [5, 5.41) is 0.779. The number of allylic oxidation sites excluding steroid dienone is 1. The molecule has 0 spiro atoms. The zero-order valence-corrected chi connectivity index (χ0v) is 18.3. The molecule has 0 saturated carbocycles. The van der Waals surface area contributed by atoms with Gasteiger partial charge in [-0.15, -0.1) is 0 Å². The minimum Gasteiger partial charge on any atom is -0.452 e. The second-order valence-corrected chi connectivity index (χ2v) is 8.58. The van der Waals surface area contributed by atoms with E-state index in [1.165, 1.54) is 5.56 Å². The van der Waals surface area contributed by atoms with Crippen LogP contribution in [-0.2, 0) is 16.0 Å². The summed E-state index contributed by atoms with van der Waals surface area (Å²) in [6.07, 6.45) is 5.73. The second-order valence-electron chi connectivity index (χ2n) is 8.58. The predicted octanol–water partition coefficient (Wildman–Crippen LogP) is 4.81. The molecule has 1 fully saturated rings. The van der Waals surface area contributed by atoms with Crippen LogP contribution in [0.4, 0.5) is 0 Å². The molecule has 1 saturated heterocycles. The first-order valence-electron chi connectivity index (χ1n) is 11.2. The number of benzene rings is 2. The maximum absolute atomic E-state index is 13.2. The fourth-order valence-corrected chi connectivity index (χ4v) is 4.63. The summed E-state index contributed by atoms with van der Waals surface area (Å²) in [7, 11) is 0.